The minimum absolute atomic E-state index is 0.0801. The molecule has 1 heterocycles. The molecule has 1 amide bonds. The highest BCUT2D eigenvalue weighted by atomic mass is 32.1. The summed E-state index contributed by atoms with van der Waals surface area (Å²) in [7, 11) is 0. The zero-order valence-corrected chi connectivity index (χ0v) is 16.1. The number of carbonyl (C=O) groups excluding carboxylic acids is 1. The van der Waals surface area contributed by atoms with Gasteiger partial charge in [0.1, 0.15) is 0 Å². The molecule has 0 saturated carbocycles. The number of aryl methyl sites for hydroxylation is 2. The molecule has 132 valence electrons. The molecular formula is C22H22N2OS. The summed E-state index contributed by atoms with van der Waals surface area (Å²) in [5.41, 5.74) is 5.51. The monoisotopic (exact) mass is 362 g/mol. The van der Waals surface area contributed by atoms with Crippen molar-refractivity contribution in [2.24, 2.45) is 0 Å². The van der Waals surface area contributed by atoms with E-state index in [1.807, 2.05) is 30.3 Å². The molecule has 2 aromatic carbocycles. The third-order valence-corrected chi connectivity index (χ3v) is 5.86. The van der Waals surface area contributed by atoms with E-state index in [2.05, 4.69) is 44.3 Å². The molecule has 1 aromatic heterocycles. The zero-order valence-electron chi connectivity index (χ0n) is 15.3. The maximum absolute atomic E-state index is 12.6. The largest absolute Gasteiger partial charge is 0.298 e. The number of benzene rings is 2. The smallest absolute Gasteiger partial charge is 0.257 e. The number of aromatic nitrogens is 1. The Hall–Kier alpha value is -2.46. The number of rotatable bonds is 2. The summed E-state index contributed by atoms with van der Waals surface area (Å²) < 4.78 is 0. The van der Waals surface area contributed by atoms with E-state index in [4.69, 9.17) is 4.98 Å². The number of nitrogens with one attached hydrogen (secondary N) is 1. The van der Waals surface area contributed by atoms with Crippen LogP contribution in [0.15, 0.2) is 48.5 Å². The Morgan fingerprint density at radius 3 is 2.50 bits per heavy atom. The summed E-state index contributed by atoms with van der Waals surface area (Å²) >= 11 is 1.59. The minimum atomic E-state index is -0.107. The van der Waals surface area contributed by atoms with Gasteiger partial charge in [-0.3, -0.25) is 10.1 Å². The van der Waals surface area contributed by atoms with Crippen LogP contribution in [0.5, 0.6) is 0 Å². The van der Waals surface area contributed by atoms with Crippen molar-refractivity contribution < 1.29 is 4.79 Å². The van der Waals surface area contributed by atoms with Crippen LogP contribution < -0.4 is 5.32 Å². The van der Waals surface area contributed by atoms with Crippen molar-refractivity contribution in [3.8, 4) is 11.3 Å². The Kier molecular flexibility index (Phi) is 4.16. The van der Waals surface area contributed by atoms with E-state index >= 15 is 0 Å². The molecular weight excluding hydrogens is 340 g/mol. The fraction of sp³-hybridized carbons (Fsp3) is 0.273. The third-order valence-electron chi connectivity index (χ3n) is 4.82. The molecule has 4 heteroatoms. The molecule has 0 radical (unpaired) electrons. The Morgan fingerprint density at radius 1 is 1.04 bits per heavy atom. The molecule has 0 atom stereocenters. The van der Waals surface area contributed by atoms with Gasteiger partial charge in [0, 0.05) is 16.0 Å². The molecule has 1 aliphatic rings. The third kappa shape index (κ3) is 3.17. The predicted molar refractivity (Wildman–Crippen MR) is 108 cm³/mol. The van der Waals surface area contributed by atoms with Crippen LogP contribution in [-0.4, -0.2) is 10.9 Å². The highest BCUT2D eigenvalue weighted by Crippen LogP contribution is 2.38. The first kappa shape index (κ1) is 17.0. The molecule has 3 nitrogen and oxygen atoms in total. The molecule has 0 fully saturated rings. The summed E-state index contributed by atoms with van der Waals surface area (Å²) in [5.74, 6) is -0.107. The van der Waals surface area contributed by atoms with Gasteiger partial charge >= 0.3 is 0 Å². The van der Waals surface area contributed by atoms with E-state index in [0.717, 1.165) is 18.5 Å². The average molecular weight is 362 g/mol. The average Bonchev–Trinajstić information content (AvgIpc) is 3.04. The summed E-state index contributed by atoms with van der Waals surface area (Å²) in [4.78, 5) is 18.5. The van der Waals surface area contributed by atoms with Gasteiger partial charge in [-0.15, -0.1) is 11.3 Å². The number of anilines is 1. The summed E-state index contributed by atoms with van der Waals surface area (Å²) in [6.45, 7) is 6.50. The van der Waals surface area contributed by atoms with Gasteiger partial charge in [-0.25, -0.2) is 4.98 Å². The molecule has 0 bridgehead atoms. The fourth-order valence-corrected chi connectivity index (χ4v) is 4.26. The second-order valence-corrected chi connectivity index (χ2v) is 8.81. The van der Waals surface area contributed by atoms with E-state index in [1.165, 1.54) is 21.6 Å². The van der Waals surface area contributed by atoms with Crippen LogP contribution in [-0.2, 0) is 18.3 Å². The van der Waals surface area contributed by atoms with E-state index in [0.29, 0.717) is 10.7 Å². The Bertz CT molecular complexity index is 965. The van der Waals surface area contributed by atoms with Gasteiger partial charge in [-0.05, 0) is 41.5 Å². The van der Waals surface area contributed by atoms with E-state index in [1.54, 1.807) is 11.3 Å². The van der Waals surface area contributed by atoms with Crippen LogP contribution >= 0.6 is 11.3 Å². The number of thiazole rings is 1. The summed E-state index contributed by atoms with van der Waals surface area (Å²) in [6, 6.07) is 16.2. The molecule has 3 aromatic rings. The number of nitrogens with zero attached hydrogens (tertiary/aromatic N) is 1. The molecule has 1 N–H and O–H groups in total. The van der Waals surface area contributed by atoms with Crippen LogP contribution in [0.3, 0.4) is 0 Å². The standard InChI is InChI=1S/C22H22N2OS/c1-22(2,3)16-11-8-15(9-12-16)20(25)24-21-23-19-17-7-5-4-6-14(17)10-13-18(19)26-21/h4-9,11-12H,10,13H2,1-3H3,(H,23,24,25). The molecule has 4 rings (SSSR count). The summed E-state index contributed by atoms with van der Waals surface area (Å²) in [5, 5.41) is 3.65. The van der Waals surface area contributed by atoms with Crippen LogP contribution in [0.25, 0.3) is 11.3 Å². The highest BCUT2D eigenvalue weighted by Gasteiger charge is 2.21. The minimum Gasteiger partial charge on any atom is -0.298 e. The normalized spacial score (nSPS) is 13.0. The van der Waals surface area contributed by atoms with Gasteiger partial charge in [0.05, 0.1) is 5.69 Å². The molecule has 26 heavy (non-hydrogen) atoms. The van der Waals surface area contributed by atoms with Crippen molar-refractivity contribution in [3.63, 3.8) is 0 Å². The first-order valence-electron chi connectivity index (χ1n) is 8.92. The number of hydrogen-bond donors (Lipinski definition) is 1. The topological polar surface area (TPSA) is 42.0 Å². The van der Waals surface area contributed by atoms with Gasteiger partial charge in [0.15, 0.2) is 5.13 Å². The Balaban J connectivity index is 1.56. The molecule has 0 spiro atoms. The highest BCUT2D eigenvalue weighted by molar-refractivity contribution is 7.16. The van der Waals surface area contributed by atoms with Crippen molar-refractivity contribution in [2.45, 2.75) is 39.0 Å². The summed E-state index contributed by atoms with van der Waals surface area (Å²) in [6.07, 6.45) is 2.02. The van der Waals surface area contributed by atoms with Gasteiger partial charge in [0.2, 0.25) is 0 Å². The quantitative estimate of drug-likeness (QED) is 0.658. The fourth-order valence-electron chi connectivity index (χ4n) is 3.29. The molecule has 1 aliphatic carbocycles. The molecule has 0 saturated heterocycles. The first-order chi connectivity index (χ1) is 12.4. The zero-order chi connectivity index (χ0) is 18.3. The lowest BCUT2D eigenvalue weighted by atomic mass is 9.87. The second kappa shape index (κ2) is 6.36. The predicted octanol–water partition coefficient (Wildman–Crippen LogP) is 5.46. The lowest BCUT2D eigenvalue weighted by Crippen LogP contribution is -2.14. The van der Waals surface area contributed by atoms with Crippen LogP contribution in [0.2, 0.25) is 0 Å². The number of hydrogen-bond acceptors (Lipinski definition) is 3. The lowest BCUT2D eigenvalue weighted by molar-refractivity contribution is 0.102. The number of carbonyl (C=O) groups is 1. The Labute approximate surface area is 158 Å². The Morgan fingerprint density at radius 2 is 1.77 bits per heavy atom. The molecule has 0 aliphatic heterocycles. The van der Waals surface area contributed by atoms with E-state index in [9.17, 15) is 4.79 Å². The van der Waals surface area contributed by atoms with Crippen LogP contribution in [0.4, 0.5) is 5.13 Å². The van der Waals surface area contributed by atoms with Crippen LogP contribution in [0.1, 0.15) is 47.1 Å². The van der Waals surface area contributed by atoms with Crippen molar-refractivity contribution in [1.82, 2.24) is 4.98 Å². The maximum Gasteiger partial charge on any atom is 0.257 e. The van der Waals surface area contributed by atoms with Gasteiger partial charge < -0.3 is 0 Å². The van der Waals surface area contributed by atoms with Gasteiger partial charge in [-0.1, -0.05) is 57.2 Å². The van der Waals surface area contributed by atoms with E-state index in [-0.39, 0.29) is 11.3 Å². The maximum atomic E-state index is 12.6. The van der Waals surface area contributed by atoms with Crippen molar-refractivity contribution in [3.05, 3.63) is 70.1 Å². The lowest BCUT2D eigenvalue weighted by Gasteiger charge is -2.18. The first-order valence-corrected chi connectivity index (χ1v) is 9.73. The second-order valence-electron chi connectivity index (χ2n) is 7.73. The van der Waals surface area contributed by atoms with Crippen molar-refractivity contribution in [2.75, 3.05) is 5.32 Å². The van der Waals surface area contributed by atoms with E-state index < -0.39 is 0 Å². The van der Waals surface area contributed by atoms with Crippen molar-refractivity contribution >= 4 is 22.4 Å². The number of fused-ring (bicyclic) bond motifs is 3. The van der Waals surface area contributed by atoms with Gasteiger partial charge in [-0.2, -0.15) is 0 Å². The SMILES string of the molecule is CC(C)(C)c1ccc(C(=O)Nc2nc3c(s2)CCc2ccccc2-3)cc1. The number of amides is 1. The van der Waals surface area contributed by atoms with Crippen LogP contribution in [0, 0.1) is 0 Å². The van der Waals surface area contributed by atoms with Gasteiger partial charge in [0.25, 0.3) is 5.91 Å². The molecule has 0 unspecified atom stereocenters. The van der Waals surface area contributed by atoms with Crippen molar-refractivity contribution in [1.29, 1.82) is 0 Å².